The molecule has 6 heteroatoms. The maximum absolute atomic E-state index is 13.2. The molecule has 1 N–H and O–H groups in total. The average molecular weight is 415 g/mol. The number of amides is 1. The normalized spacial score (nSPS) is 14.4. The highest BCUT2D eigenvalue weighted by atomic mass is 16.5. The lowest BCUT2D eigenvalue weighted by molar-refractivity contribution is -0.136. The van der Waals surface area contributed by atoms with Gasteiger partial charge in [-0.05, 0) is 42.2 Å². The summed E-state index contributed by atoms with van der Waals surface area (Å²) in [6.45, 7) is 12.1. The fourth-order valence-corrected chi connectivity index (χ4v) is 3.73. The standard InChI is InChI=1S/C24H34N2O4/c1-17(2)15-26(24(27)19(4)13-25-14-21-7-5-8-28-21)16-20-11-18(3)23-22(12-20)29-9-6-10-30-23/h5,7-8,11-12,17,19,25H,6,9-10,13-16H2,1-4H3. The van der Waals surface area contributed by atoms with E-state index in [1.807, 2.05) is 36.9 Å². The number of carbonyl (C=O) groups is 1. The van der Waals surface area contributed by atoms with Crippen molar-refractivity contribution in [3.05, 3.63) is 47.4 Å². The van der Waals surface area contributed by atoms with E-state index >= 15 is 0 Å². The molecule has 1 amide bonds. The van der Waals surface area contributed by atoms with Crippen LogP contribution < -0.4 is 14.8 Å². The Morgan fingerprint density at radius 1 is 1.20 bits per heavy atom. The summed E-state index contributed by atoms with van der Waals surface area (Å²) in [5.41, 5.74) is 2.12. The zero-order valence-electron chi connectivity index (χ0n) is 18.6. The van der Waals surface area contributed by atoms with E-state index in [-0.39, 0.29) is 11.8 Å². The van der Waals surface area contributed by atoms with Crippen LogP contribution in [0.25, 0.3) is 0 Å². The summed E-state index contributed by atoms with van der Waals surface area (Å²) in [5.74, 6) is 2.90. The van der Waals surface area contributed by atoms with Crippen molar-refractivity contribution in [3.8, 4) is 11.5 Å². The molecular formula is C24H34N2O4. The minimum absolute atomic E-state index is 0.125. The summed E-state index contributed by atoms with van der Waals surface area (Å²) in [6.07, 6.45) is 2.54. The Balaban J connectivity index is 1.66. The van der Waals surface area contributed by atoms with Crippen LogP contribution in [0.3, 0.4) is 0 Å². The lowest BCUT2D eigenvalue weighted by Gasteiger charge is -2.28. The van der Waals surface area contributed by atoms with Crippen molar-refractivity contribution in [3.63, 3.8) is 0 Å². The minimum Gasteiger partial charge on any atom is -0.490 e. The topological polar surface area (TPSA) is 63.9 Å². The van der Waals surface area contributed by atoms with Gasteiger partial charge in [-0.1, -0.05) is 26.8 Å². The average Bonchev–Trinajstić information content (AvgIpc) is 3.10. The van der Waals surface area contributed by atoms with E-state index in [1.54, 1.807) is 6.26 Å². The van der Waals surface area contributed by atoms with Crippen LogP contribution in [-0.2, 0) is 17.9 Å². The molecule has 6 nitrogen and oxygen atoms in total. The summed E-state index contributed by atoms with van der Waals surface area (Å²) in [6, 6.07) is 7.92. The van der Waals surface area contributed by atoms with Crippen LogP contribution in [0.1, 0.15) is 44.1 Å². The summed E-state index contributed by atoms with van der Waals surface area (Å²) in [4.78, 5) is 15.2. The molecule has 1 aliphatic heterocycles. The van der Waals surface area contributed by atoms with Crippen molar-refractivity contribution in [2.24, 2.45) is 11.8 Å². The Kier molecular flexibility index (Phi) is 7.80. The molecule has 1 unspecified atom stereocenters. The summed E-state index contributed by atoms with van der Waals surface area (Å²) < 4.78 is 17.1. The first-order valence-corrected chi connectivity index (χ1v) is 10.8. The van der Waals surface area contributed by atoms with Gasteiger partial charge in [0.25, 0.3) is 0 Å². The van der Waals surface area contributed by atoms with Gasteiger partial charge in [0.1, 0.15) is 5.76 Å². The van der Waals surface area contributed by atoms with Crippen LogP contribution in [-0.4, -0.2) is 37.1 Å². The molecule has 0 aliphatic carbocycles. The number of aryl methyl sites for hydroxylation is 1. The molecule has 1 atom stereocenters. The van der Waals surface area contributed by atoms with Crippen molar-refractivity contribution in [1.29, 1.82) is 0 Å². The number of nitrogens with zero attached hydrogens (tertiary/aromatic N) is 1. The number of furan rings is 1. The molecule has 1 aromatic heterocycles. The Bertz CT molecular complexity index is 817. The maximum Gasteiger partial charge on any atom is 0.226 e. The molecular weight excluding hydrogens is 380 g/mol. The van der Waals surface area contributed by atoms with Gasteiger partial charge in [0.15, 0.2) is 11.5 Å². The monoisotopic (exact) mass is 414 g/mol. The molecule has 3 rings (SSSR count). The lowest BCUT2D eigenvalue weighted by Crippen LogP contribution is -2.40. The van der Waals surface area contributed by atoms with Crippen molar-refractivity contribution in [2.45, 2.75) is 47.2 Å². The second-order valence-corrected chi connectivity index (χ2v) is 8.51. The number of hydrogen-bond donors (Lipinski definition) is 1. The predicted octanol–water partition coefficient (Wildman–Crippen LogP) is 4.16. The van der Waals surface area contributed by atoms with Crippen LogP contribution in [0.5, 0.6) is 11.5 Å². The summed E-state index contributed by atoms with van der Waals surface area (Å²) in [7, 11) is 0. The number of ether oxygens (including phenoxy) is 2. The molecule has 0 spiro atoms. The van der Waals surface area contributed by atoms with Gasteiger partial charge in [-0.2, -0.15) is 0 Å². The van der Waals surface area contributed by atoms with Crippen molar-refractivity contribution in [1.82, 2.24) is 10.2 Å². The van der Waals surface area contributed by atoms with E-state index in [2.05, 4.69) is 25.2 Å². The highest BCUT2D eigenvalue weighted by molar-refractivity contribution is 5.78. The number of hydrogen-bond acceptors (Lipinski definition) is 5. The highest BCUT2D eigenvalue weighted by Crippen LogP contribution is 2.34. The van der Waals surface area contributed by atoms with Gasteiger partial charge in [-0.3, -0.25) is 4.79 Å². The van der Waals surface area contributed by atoms with Gasteiger partial charge in [-0.15, -0.1) is 0 Å². The third-order valence-electron chi connectivity index (χ3n) is 5.12. The number of fused-ring (bicyclic) bond motifs is 1. The van der Waals surface area contributed by atoms with E-state index in [9.17, 15) is 4.79 Å². The van der Waals surface area contributed by atoms with Crippen LogP contribution in [0, 0.1) is 18.8 Å². The second-order valence-electron chi connectivity index (χ2n) is 8.51. The van der Waals surface area contributed by atoms with Crippen molar-refractivity contribution >= 4 is 5.91 Å². The van der Waals surface area contributed by atoms with Crippen LogP contribution >= 0.6 is 0 Å². The van der Waals surface area contributed by atoms with E-state index in [0.717, 1.165) is 41.4 Å². The quantitative estimate of drug-likeness (QED) is 0.668. The number of carbonyl (C=O) groups excluding carboxylic acids is 1. The van der Waals surface area contributed by atoms with Gasteiger partial charge in [0, 0.05) is 32.0 Å². The van der Waals surface area contributed by atoms with Crippen LogP contribution in [0.2, 0.25) is 0 Å². The first-order valence-electron chi connectivity index (χ1n) is 10.8. The largest absolute Gasteiger partial charge is 0.490 e. The predicted molar refractivity (Wildman–Crippen MR) is 117 cm³/mol. The maximum atomic E-state index is 13.2. The summed E-state index contributed by atoms with van der Waals surface area (Å²) >= 11 is 0. The molecule has 0 fully saturated rings. The molecule has 1 aromatic carbocycles. The molecule has 2 heterocycles. The first kappa shape index (κ1) is 22.2. The van der Waals surface area contributed by atoms with Gasteiger partial charge in [0.05, 0.1) is 26.0 Å². The highest BCUT2D eigenvalue weighted by Gasteiger charge is 2.23. The number of nitrogens with one attached hydrogen (secondary N) is 1. The second kappa shape index (κ2) is 10.5. The Morgan fingerprint density at radius 2 is 2.00 bits per heavy atom. The molecule has 0 saturated heterocycles. The van der Waals surface area contributed by atoms with E-state index < -0.39 is 0 Å². The number of benzene rings is 1. The zero-order valence-corrected chi connectivity index (χ0v) is 18.6. The van der Waals surface area contributed by atoms with Crippen LogP contribution in [0.4, 0.5) is 0 Å². The molecule has 0 bridgehead atoms. The van der Waals surface area contributed by atoms with E-state index in [0.29, 0.717) is 38.8 Å². The van der Waals surface area contributed by atoms with Gasteiger partial charge in [0.2, 0.25) is 5.91 Å². The Morgan fingerprint density at radius 3 is 2.73 bits per heavy atom. The Hall–Kier alpha value is -2.47. The molecule has 0 saturated carbocycles. The third-order valence-corrected chi connectivity index (χ3v) is 5.12. The molecule has 0 radical (unpaired) electrons. The van der Waals surface area contributed by atoms with Crippen LogP contribution in [0.15, 0.2) is 34.9 Å². The molecule has 30 heavy (non-hydrogen) atoms. The third kappa shape index (κ3) is 6.02. The van der Waals surface area contributed by atoms with Gasteiger partial charge < -0.3 is 24.1 Å². The van der Waals surface area contributed by atoms with Crippen molar-refractivity contribution in [2.75, 3.05) is 26.3 Å². The summed E-state index contributed by atoms with van der Waals surface area (Å²) in [5, 5.41) is 3.32. The molecule has 164 valence electrons. The fraction of sp³-hybridized carbons (Fsp3) is 0.542. The fourth-order valence-electron chi connectivity index (χ4n) is 3.73. The molecule has 1 aliphatic rings. The zero-order chi connectivity index (χ0) is 21.5. The SMILES string of the molecule is Cc1cc(CN(CC(C)C)C(=O)C(C)CNCc2ccco2)cc2c1OCCCO2. The van der Waals surface area contributed by atoms with E-state index in [1.165, 1.54) is 0 Å². The molecule has 2 aromatic rings. The minimum atomic E-state index is -0.125. The van der Waals surface area contributed by atoms with E-state index in [4.69, 9.17) is 13.9 Å². The lowest BCUT2D eigenvalue weighted by atomic mass is 10.1. The number of rotatable bonds is 9. The van der Waals surface area contributed by atoms with Crippen molar-refractivity contribution < 1.29 is 18.7 Å². The Labute approximate surface area is 179 Å². The van der Waals surface area contributed by atoms with Gasteiger partial charge >= 0.3 is 0 Å². The first-order chi connectivity index (χ1) is 14.4. The smallest absolute Gasteiger partial charge is 0.226 e. The van der Waals surface area contributed by atoms with Gasteiger partial charge in [-0.25, -0.2) is 0 Å².